The molecule has 0 saturated carbocycles. The van der Waals surface area contributed by atoms with Crippen molar-refractivity contribution in [1.29, 1.82) is 0 Å². The highest BCUT2D eigenvalue weighted by molar-refractivity contribution is 8.29. The lowest BCUT2D eigenvalue weighted by Gasteiger charge is -2.10. The van der Waals surface area contributed by atoms with Gasteiger partial charge in [-0.3, -0.25) is 4.21 Å². The Balaban J connectivity index is 3.79. The van der Waals surface area contributed by atoms with Crippen molar-refractivity contribution in [3.05, 3.63) is 0 Å². The van der Waals surface area contributed by atoms with Crippen molar-refractivity contribution in [2.45, 2.75) is 6.42 Å². The highest BCUT2D eigenvalue weighted by Crippen LogP contribution is 1.92. The summed E-state index contributed by atoms with van der Waals surface area (Å²) in [6.45, 7) is 0. The summed E-state index contributed by atoms with van der Waals surface area (Å²) in [6, 6.07) is 0. The van der Waals surface area contributed by atoms with Crippen molar-refractivity contribution >= 4 is 30.1 Å². The second-order valence-corrected chi connectivity index (χ2v) is 6.45. The summed E-state index contributed by atoms with van der Waals surface area (Å²) in [4.78, 5) is 0. The van der Waals surface area contributed by atoms with E-state index in [1.807, 2.05) is 0 Å². The van der Waals surface area contributed by atoms with Crippen molar-refractivity contribution in [2.24, 2.45) is 0 Å². The highest BCUT2D eigenvalue weighted by atomic mass is 32.8. The molecule has 0 N–H and O–H groups in total. The quantitative estimate of drug-likeness (QED) is 0.550. The minimum absolute atomic E-state index is 0.225. The van der Waals surface area contributed by atoms with E-state index >= 15 is 0 Å². The van der Waals surface area contributed by atoms with Gasteiger partial charge in [0.25, 0.3) is 0 Å². The second kappa shape index (κ2) is 3.76. The van der Waals surface area contributed by atoms with E-state index in [-0.39, 0.29) is 6.42 Å². The maximum atomic E-state index is 10.2. The Hall–Kier alpha value is 0.240. The zero-order valence-electron chi connectivity index (χ0n) is 5.39. The largest absolute Gasteiger partial charge is 0.769 e. The molecule has 0 spiro atoms. The van der Waals surface area contributed by atoms with Gasteiger partial charge in [-0.15, -0.1) is 0 Å². The highest BCUT2D eigenvalue weighted by Gasteiger charge is 1.96. The van der Waals surface area contributed by atoms with E-state index < -0.39 is 30.4 Å². The molecule has 0 heterocycles. The molecule has 0 aliphatic heterocycles. The molecule has 11 heavy (non-hydrogen) atoms. The third-order valence-electron chi connectivity index (χ3n) is 0.789. The van der Waals surface area contributed by atoms with Gasteiger partial charge in [0.1, 0.15) is 0 Å². The molecule has 5 nitrogen and oxygen atoms in total. The van der Waals surface area contributed by atoms with Crippen LogP contribution in [0.5, 0.6) is 0 Å². The Labute approximate surface area is 70.1 Å². The van der Waals surface area contributed by atoms with Crippen LogP contribution in [0.1, 0.15) is 6.42 Å². The van der Waals surface area contributed by atoms with Gasteiger partial charge in [0.15, 0.2) is 0 Å². The molecule has 1 atom stereocenters. The molecule has 0 aromatic rings. The standard InChI is InChI=1S/C3H8O5S3/c4-10(5,6)2-1-3-11(7,8)9/h1-3H2,(H,4,5,6)(H,7,8,9)/p-2. The van der Waals surface area contributed by atoms with Crippen LogP contribution in [0.25, 0.3) is 0 Å². The summed E-state index contributed by atoms with van der Waals surface area (Å²) >= 11 is 3.95. The van der Waals surface area contributed by atoms with E-state index in [2.05, 4.69) is 11.2 Å². The van der Waals surface area contributed by atoms with Gasteiger partial charge >= 0.3 is 0 Å². The third-order valence-corrected chi connectivity index (χ3v) is 2.87. The van der Waals surface area contributed by atoms with E-state index in [0.29, 0.717) is 0 Å². The minimum Gasteiger partial charge on any atom is -0.769 e. The summed E-state index contributed by atoms with van der Waals surface area (Å²) in [7, 11) is -7.87. The number of rotatable bonds is 4. The first-order valence-corrected chi connectivity index (χ1v) is 6.73. The summed E-state index contributed by atoms with van der Waals surface area (Å²) in [6.07, 6.45) is -0.225. The van der Waals surface area contributed by atoms with Gasteiger partial charge < -0.3 is 9.11 Å². The lowest BCUT2D eigenvalue weighted by molar-refractivity contribution is 0.462. The molecule has 0 aliphatic rings. The molecular formula is C3H6O5S3-2. The topological polar surface area (TPSA) is 97.3 Å². The molecule has 0 amide bonds. The SMILES string of the molecule is O=S(=O)([O-])CCCS(=O)([O-])=S. The molecule has 0 fully saturated rings. The van der Waals surface area contributed by atoms with Crippen LogP contribution in [0, 0.1) is 0 Å². The lowest BCUT2D eigenvalue weighted by atomic mass is 10.6. The molecule has 68 valence electrons. The van der Waals surface area contributed by atoms with Crippen LogP contribution in [0.3, 0.4) is 0 Å². The lowest BCUT2D eigenvalue weighted by Crippen LogP contribution is -2.10. The van der Waals surface area contributed by atoms with Crippen molar-refractivity contribution in [3.8, 4) is 0 Å². The predicted molar refractivity (Wildman–Crippen MR) is 40.3 cm³/mol. The zero-order valence-corrected chi connectivity index (χ0v) is 7.84. The Kier molecular flexibility index (Phi) is 3.85. The first kappa shape index (κ1) is 11.2. The van der Waals surface area contributed by atoms with E-state index in [1.165, 1.54) is 0 Å². The van der Waals surface area contributed by atoms with Crippen LogP contribution in [-0.2, 0) is 30.1 Å². The third kappa shape index (κ3) is 10.2. The molecular weight excluding hydrogens is 212 g/mol. The van der Waals surface area contributed by atoms with Gasteiger partial charge in [0.05, 0.1) is 10.1 Å². The summed E-state index contributed by atoms with van der Waals surface area (Å²) in [5.41, 5.74) is 0. The van der Waals surface area contributed by atoms with Crippen molar-refractivity contribution in [2.75, 3.05) is 11.5 Å². The molecule has 0 aromatic carbocycles. The fourth-order valence-electron chi connectivity index (χ4n) is 0.412. The first-order valence-electron chi connectivity index (χ1n) is 2.58. The van der Waals surface area contributed by atoms with Crippen molar-refractivity contribution in [3.63, 3.8) is 0 Å². The summed E-state index contributed by atoms with van der Waals surface area (Å²) in [5.74, 6) is -1.12. The monoisotopic (exact) mass is 218 g/mol. The van der Waals surface area contributed by atoms with Crippen LogP contribution < -0.4 is 0 Å². The molecule has 0 aromatic heterocycles. The molecule has 8 heteroatoms. The van der Waals surface area contributed by atoms with Crippen LogP contribution in [-0.4, -0.2) is 33.2 Å². The molecule has 0 rings (SSSR count). The Morgan fingerprint density at radius 2 is 1.55 bits per heavy atom. The molecule has 0 aliphatic carbocycles. The van der Waals surface area contributed by atoms with Gasteiger partial charge in [-0.05, 0) is 26.4 Å². The van der Waals surface area contributed by atoms with Crippen LogP contribution in [0.2, 0.25) is 0 Å². The first-order chi connectivity index (χ1) is 4.71. The van der Waals surface area contributed by atoms with E-state index in [4.69, 9.17) is 0 Å². The average Bonchev–Trinajstić information content (AvgIpc) is 1.55. The van der Waals surface area contributed by atoms with Crippen LogP contribution in [0.15, 0.2) is 0 Å². The number of hydrogen-bond donors (Lipinski definition) is 0. The smallest absolute Gasteiger partial charge is 0.0946 e. The molecule has 0 bridgehead atoms. The maximum Gasteiger partial charge on any atom is 0.0946 e. The molecule has 0 radical (unpaired) electrons. The fourth-order valence-corrected chi connectivity index (χ4v) is 1.94. The minimum atomic E-state index is -4.31. The van der Waals surface area contributed by atoms with Gasteiger partial charge in [-0.2, -0.15) is 0 Å². The fraction of sp³-hybridized carbons (Fsp3) is 1.00. The van der Waals surface area contributed by atoms with E-state index in [0.717, 1.165) is 0 Å². The van der Waals surface area contributed by atoms with Crippen molar-refractivity contribution in [1.82, 2.24) is 0 Å². The van der Waals surface area contributed by atoms with E-state index in [9.17, 15) is 21.7 Å². The van der Waals surface area contributed by atoms with Gasteiger partial charge in [-0.25, -0.2) is 8.42 Å². The molecule has 0 saturated heterocycles. The Morgan fingerprint density at radius 1 is 1.09 bits per heavy atom. The van der Waals surface area contributed by atoms with Gasteiger partial charge in [-0.1, -0.05) is 0 Å². The summed E-state index contributed by atoms with van der Waals surface area (Å²) < 4.78 is 50.3. The van der Waals surface area contributed by atoms with Crippen LogP contribution in [0.4, 0.5) is 0 Å². The zero-order chi connectivity index (χ0) is 9.12. The van der Waals surface area contributed by atoms with Gasteiger partial charge in [0, 0.05) is 11.5 Å². The average molecular weight is 218 g/mol. The van der Waals surface area contributed by atoms with E-state index in [1.54, 1.807) is 0 Å². The second-order valence-electron chi connectivity index (χ2n) is 1.88. The maximum absolute atomic E-state index is 10.2. The van der Waals surface area contributed by atoms with Crippen LogP contribution >= 0.6 is 0 Å². The predicted octanol–water partition coefficient (Wildman–Crippen LogP) is -1.20. The molecule has 1 unspecified atom stereocenters. The van der Waals surface area contributed by atoms with Crippen molar-refractivity contribution < 1.29 is 21.7 Å². The Bertz CT molecular complexity index is 266. The normalized spacial score (nSPS) is 17.6. The number of hydrogen-bond acceptors (Lipinski definition) is 6. The summed E-state index contributed by atoms with van der Waals surface area (Å²) in [5, 5.41) is 0. The Morgan fingerprint density at radius 3 is 1.82 bits per heavy atom. The van der Waals surface area contributed by atoms with Gasteiger partial charge in [0.2, 0.25) is 0 Å².